The van der Waals surface area contributed by atoms with Gasteiger partial charge in [0, 0.05) is 25.2 Å². The van der Waals surface area contributed by atoms with Crippen molar-refractivity contribution in [3.05, 3.63) is 0 Å². The van der Waals surface area contributed by atoms with Crippen molar-refractivity contribution in [3.8, 4) is 0 Å². The molecule has 1 aliphatic carbocycles. The smallest absolute Gasteiger partial charge is 0.123 e. The number of aliphatic imine (C=N–C) groups is 1. The van der Waals surface area contributed by atoms with E-state index in [0.717, 1.165) is 12.4 Å². The molecule has 1 saturated carbocycles. The van der Waals surface area contributed by atoms with Crippen LogP contribution < -0.4 is 0 Å². The standard InChI is InChI=1S/C10H19N3/c1-5-12-10(9-6-7-9)13(11-4)8(2)3/h8-9H,4-7H2,1-3H3/b12-10-. The SMILES string of the molecule is C=NN(/C(=N\CC)C1CC1)C(C)C. The molecule has 0 radical (unpaired) electrons. The number of hydrazone groups is 1. The Morgan fingerprint density at radius 2 is 2.15 bits per heavy atom. The summed E-state index contributed by atoms with van der Waals surface area (Å²) in [7, 11) is 0. The molecule has 0 unspecified atom stereocenters. The highest BCUT2D eigenvalue weighted by atomic mass is 15.5. The lowest BCUT2D eigenvalue weighted by molar-refractivity contribution is 0.360. The van der Waals surface area contributed by atoms with E-state index in [1.165, 1.54) is 12.8 Å². The van der Waals surface area contributed by atoms with Gasteiger partial charge in [-0.2, -0.15) is 5.10 Å². The van der Waals surface area contributed by atoms with E-state index in [1.54, 1.807) is 0 Å². The monoisotopic (exact) mass is 181 g/mol. The fourth-order valence-electron chi connectivity index (χ4n) is 1.39. The summed E-state index contributed by atoms with van der Waals surface area (Å²) in [5.41, 5.74) is 0. The van der Waals surface area contributed by atoms with Crippen LogP contribution in [-0.2, 0) is 0 Å². The molecule has 0 heterocycles. The molecule has 0 aliphatic heterocycles. The molecule has 0 saturated heterocycles. The molecule has 0 amide bonds. The molecule has 1 aliphatic rings. The highest BCUT2D eigenvalue weighted by Gasteiger charge is 2.31. The number of hydrogen-bond acceptors (Lipinski definition) is 2. The van der Waals surface area contributed by atoms with Crippen LogP contribution in [0.3, 0.4) is 0 Å². The first-order valence-electron chi connectivity index (χ1n) is 5.00. The van der Waals surface area contributed by atoms with Crippen molar-refractivity contribution in [2.75, 3.05) is 6.54 Å². The number of nitrogens with zero attached hydrogens (tertiary/aromatic N) is 3. The summed E-state index contributed by atoms with van der Waals surface area (Å²) in [6.45, 7) is 10.7. The van der Waals surface area contributed by atoms with Gasteiger partial charge >= 0.3 is 0 Å². The summed E-state index contributed by atoms with van der Waals surface area (Å²) in [5, 5.41) is 5.97. The van der Waals surface area contributed by atoms with Crippen LogP contribution in [0.5, 0.6) is 0 Å². The number of amidine groups is 1. The molecule has 0 bridgehead atoms. The molecule has 0 aromatic heterocycles. The van der Waals surface area contributed by atoms with Gasteiger partial charge in [-0.15, -0.1) is 0 Å². The van der Waals surface area contributed by atoms with Gasteiger partial charge in [0.15, 0.2) is 0 Å². The third-order valence-corrected chi connectivity index (χ3v) is 2.14. The first-order chi connectivity index (χ1) is 6.20. The van der Waals surface area contributed by atoms with Crippen molar-refractivity contribution < 1.29 is 0 Å². The van der Waals surface area contributed by atoms with Gasteiger partial charge in [-0.25, -0.2) is 5.01 Å². The first kappa shape index (κ1) is 10.2. The van der Waals surface area contributed by atoms with Crippen LogP contribution in [-0.4, -0.2) is 30.1 Å². The van der Waals surface area contributed by atoms with Crippen LogP contribution in [0.15, 0.2) is 10.1 Å². The summed E-state index contributed by atoms with van der Waals surface area (Å²) < 4.78 is 0. The predicted octanol–water partition coefficient (Wildman–Crippen LogP) is 2.14. The molecule has 3 nitrogen and oxygen atoms in total. The maximum Gasteiger partial charge on any atom is 0.123 e. The van der Waals surface area contributed by atoms with Crippen LogP contribution in [0.1, 0.15) is 33.6 Å². The molecule has 0 N–H and O–H groups in total. The zero-order chi connectivity index (χ0) is 9.84. The first-order valence-corrected chi connectivity index (χ1v) is 5.00. The number of hydrogen-bond donors (Lipinski definition) is 0. The molecule has 0 atom stereocenters. The van der Waals surface area contributed by atoms with Gasteiger partial charge in [-0.1, -0.05) is 0 Å². The Hall–Kier alpha value is -0.860. The summed E-state index contributed by atoms with van der Waals surface area (Å²) in [4.78, 5) is 4.49. The molecule has 1 fully saturated rings. The minimum Gasteiger partial charge on any atom is -0.271 e. The summed E-state index contributed by atoms with van der Waals surface area (Å²) in [6.07, 6.45) is 2.52. The Morgan fingerprint density at radius 1 is 1.54 bits per heavy atom. The Kier molecular flexibility index (Phi) is 3.46. The zero-order valence-electron chi connectivity index (χ0n) is 8.82. The van der Waals surface area contributed by atoms with E-state index in [-0.39, 0.29) is 0 Å². The Balaban J connectivity index is 2.71. The van der Waals surface area contributed by atoms with Gasteiger partial charge in [0.1, 0.15) is 5.84 Å². The van der Waals surface area contributed by atoms with Gasteiger partial charge in [-0.05, 0) is 33.6 Å². The molecule has 74 valence electrons. The minimum absolute atomic E-state index is 0.364. The summed E-state index contributed by atoms with van der Waals surface area (Å²) >= 11 is 0. The lowest BCUT2D eigenvalue weighted by Gasteiger charge is -2.24. The number of rotatable bonds is 4. The largest absolute Gasteiger partial charge is 0.271 e. The molecule has 0 aromatic carbocycles. The third kappa shape index (κ3) is 2.54. The average molecular weight is 181 g/mol. The van der Waals surface area contributed by atoms with Crippen LogP contribution in [0.4, 0.5) is 0 Å². The van der Waals surface area contributed by atoms with E-state index in [1.807, 2.05) is 5.01 Å². The van der Waals surface area contributed by atoms with Crippen molar-refractivity contribution in [2.45, 2.75) is 39.7 Å². The van der Waals surface area contributed by atoms with Gasteiger partial charge in [0.05, 0.1) is 0 Å². The maximum absolute atomic E-state index is 4.49. The zero-order valence-corrected chi connectivity index (χ0v) is 8.82. The van der Waals surface area contributed by atoms with Crippen LogP contribution in [0.2, 0.25) is 0 Å². The Morgan fingerprint density at radius 3 is 2.46 bits per heavy atom. The van der Waals surface area contributed by atoms with Gasteiger partial charge in [0.2, 0.25) is 0 Å². The normalized spacial score (nSPS) is 17.7. The van der Waals surface area contributed by atoms with Crippen molar-refractivity contribution in [1.29, 1.82) is 0 Å². The third-order valence-electron chi connectivity index (χ3n) is 2.14. The second-order valence-electron chi connectivity index (χ2n) is 3.69. The molecule has 0 aromatic rings. The highest BCUT2D eigenvalue weighted by Crippen LogP contribution is 2.32. The predicted molar refractivity (Wildman–Crippen MR) is 57.2 cm³/mol. The quantitative estimate of drug-likeness (QED) is 0.371. The topological polar surface area (TPSA) is 28.0 Å². The van der Waals surface area contributed by atoms with E-state index < -0.39 is 0 Å². The van der Waals surface area contributed by atoms with Crippen molar-refractivity contribution in [2.24, 2.45) is 16.0 Å². The second kappa shape index (κ2) is 4.40. The Labute approximate surface area is 80.5 Å². The van der Waals surface area contributed by atoms with Crippen LogP contribution in [0.25, 0.3) is 0 Å². The van der Waals surface area contributed by atoms with Gasteiger partial charge in [-0.3, -0.25) is 4.99 Å². The molecular weight excluding hydrogens is 162 g/mol. The van der Waals surface area contributed by atoms with E-state index >= 15 is 0 Å². The van der Waals surface area contributed by atoms with E-state index in [9.17, 15) is 0 Å². The van der Waals surface area contributed by atoms with E-state index in [2.05, 4.69) is 37.6 Å². The minimum atomic E-state index is 0.364. The average Bonchev–Trinajstić information content (AvgIpc) is 2.86. The van der Waals surface area contributed by atoms with E-state index in [0.29, 0.717) is 12.0 Å². The maximum atomic E-state index is 4.49. The lowest BCUT2D eigenvalue weighted by atomic mass is 10.3. The van der Waals surface area contributed by atoms with Crippen LogP contribution in [0, 0.1) is 5.92 Å². The Bertz CT molecular complexity index is 204. The molecule has 3 heteroatoms. The van der Waals surface area contributed by atoms with E-state index in [4.69, 9.17) is 0 Å². The fourth-order valence-corrected chi connectivity index (χ4v) is 1.39. The fraction of sp³-hybridized carbons (Fsp3) is 0.800. The lowest BCUT2D eigenvalue weighted by Crippen LogP contribution is -2.33. The molecule has 0 spiro atoms. The van der Waals surface area contributed by atoms with Crippen molar-refractivity contribution >= 4 is 12.6 Å². The summed E-state index contributed by atoms with van der Waals surface area (Å²) in [5.74, 6) is 1.78. The van der Waals surface area contributed by atoms with Crippen molar-refractivity contribution in [1.82, 2.24) is 5.01 Å². The van der Waals surface area contributed by atoms with Gasteiger partial charge < -0.3 is 0 Å². The van der Waals surface area contributed by atoms with Crippen LogP contribution >= 0.6 is 0 Å². The van der Waals surface area contributed by atoms with Gasteiger partial charge in [0.25, 0.3) is 0 Å². The molecular formula is C10H19N3. The highest BCUT2D eigenvalue weighted by molar-refractivity contribution is 5.86. The molecule has 1 rings (SSSR count). The summed E-state index contributed by atoms with van der Waals surface area (Å²) in [6, 6.07) is 0.364. The van der Waals surface area contributed by atoms with Crippen molar-refractivity contribution in [3.63, 3.8) is 0 Å². The molecule has 13 heavy (non-hydrogen) atoms. The second-order valence-corrected chi connectivity index (χ2v) is 3.69.